The van der Waals surface area contributed by atoms with Gasteiger partial charge in [0.05, 0.1) is 0 Å². The zero-order chi connectivity index (χ0) is 15.2. The number of nitrogens with zero attached hydrogens (tertiary/aromatic N) is 1. The summed E-state index contributed by atoms with van der Waals surface area (Å²) < 4.78 is 0. The fourth-order valence-corrected chi connectivity index (χ4v) is 3.22. The molecular formula is C16H19N3S2. The molecule has 2 aromatic rings. The van der Waals surface area contributed by atoms with E-state index in [1.165, 1.54) is 11.1 Å². The van der Waals surface area contributed by atoms with Crippen molar-refractivity contribution in [1.82, 2.24) is 4.98 Å². The van der Waals surface area contributed by atoms with Crippen LogP contribution in [0.25, 0.3) is 0 Å². The van der Waals surface area contributed by atoms with Crippen LogP contribution in [0.5, 0.6) is 0 Å². The molecular weight excluding hydrogens is 298 g/mol. The molecule has 0 bridgehead atoms. The predicted molar refractivity (Wildman–Crippen MR) is 95.0 cm³/mol. The molecule has 0 aliphatic heterocycles. The van der Waals surface area contributed by atoms with E-state index in [2.05, 4.69) is 30.2 Å². The number of anilines is 1. The van der Waals surface area contributed by atoms with Gasteiger partial charge in [-0.15, -0.1) is 11.8 Å². The largest absolute Gasteiger partial charge is 0.389 e. The minimum absolute atomic E-state index is 0.428. The summed E-state index contributed by atoms with van der Waals surface area (Å²) >= 11 is 6.97. The van der Waals surface area contributed by atoms with Gasteiger partial charge >= 0.3 is 0 Å². The van der Waals surface area contributed by atoms with Crippen LogP contribution >= 0.6 is 24.0 Å². The molecule has 1 heterocycles. The molecule has 1 aromatic carbocycles. The SMILES string of the molecule is CCSc1cccc(NCc2cnccc2C)c1C(N)=S. The Morgan fingerprint density at radius 3 is 2.86 bits per heavy atom. The van der Waals surface area contributed by atoms with Crippen molar-refractivity contribution in [3.63, 3.8) is 0 Å². The fourth-order valence-electron chi connectivity index (χ4n) is 2.08. The number of nitrogens with one attached hydrogen (secondary N) is 1. The molecule has 2 rings (SSSR count). The quantitative estimate of drug-likeness (QED) is 0.628. The summed E-state index contributed by atoms with van der Waals surface area (Å²) in [5, 5.41) is 3.43. The third-order valence-corrected chi connectivity index (χ3v) is 4.33. The first-order chi connectivity index (χ1) is 10.1. The predicted octanol–water partition coefficient (Wildman–Crippen LogP) is 3.75. The summed E-state index contributed by atoms with van der Waals surface area (Å²) in [6.45, 7) is 4.90. The molecule has 0 saturated heterocycles. The first-order valence-electron chi connectivity index (χ1n) is 6.82. The van der Waals surface area contributed by atoms with Crippen LogP contribution in [0, 0.1) is 6.92 Å². The highest BCUT2D eigenvalue weighted by atomic mass is 32.2. The second-order valence-electron chi connectivity index (χ2n) is 4.63. The highest BCUT2D eigenvalue weighted by molar-refractivity contribution is 7.99. The van der Waals surface area contributed by atoms with Gasteiger partial charge in [0.25, 0.3) is 0 Å². The second-order valence-corrected chi connectivity index (χ2v) is 6.38. The highest BCUT2D eigenvalue weighted by Crippen LogP contribution is 2.29. The van der Waals surface area contributed by atoms with Crippen LogP contribution in [0.4, 0.5) is 5.69 Å². The maximum absolute atomic E-state index is 5.91. The summed E-state index contributed by atoms with van der Waals surface area (Å²) in [6.07, 6.45) is 3.69. The number of thiocarbonyl (C=S) groups is 1. The molecule has 3 N–H and O–H groups in total. The maximum atomic E-state index is 5.91. The van der Waals surface area contributed by atoms with Gasteiger partial charge in [0.2, 0.25) is 0 Å². The molecule has 1 aromatic heterocycles. The van der Waals surface area contributed by atoms with Crippen LogP contribution in [0.3, 0.4) is 0 Å². The van der Waals surface area contributed by atoms with E-state index in [0.29, 0.717) is 11.5 Å². The van der Waals surface area contributed by atoms with E-state index in [1.807, 2.05) is 24.4 Å². The Morgan fingerprint density at radius 1 is 1.38 bits per heavy atom. The molecule has 0 unspecified atom stereocenters. The lowest BCUT2D eigenvalue weighted by molar-refractivity contribution is 1.08. The molecule has 110 valence electrons. The second kappa shape index (κ2) is 7.43. The molecule has 0 spiro atoms. The standard InChI is InChI=1S/C16H19N3S2/c1-3-21-14-6-4-5-13(15(14)16(17)20)19-10-12-9-18-8-7-11(12)2/h4-9,19H,3,10H2,1-2H3,(H2,17,20). The third kappa shape index (κ3) is 3.95. The van der Waals surface area contributed by atoms with E-state index in [-0.39, 0.29) is 0 Å². The number of rotatable bonds is 6. The molecule has 0 amide bonds. The number of hydrogen-bond donors (Lipinski definition) is 2. The van der Waals surface area contributed by atoms with Crippen LogP contribution < -0.4 is 11.1 Å². The minimum Gasteiger partial charge on any atom is -0.389 e. The van der Waals surface area contributed by atoms with Crippen molar-refractivity contribution in [2.75, 3.05) is 11.1 Å². The smallest absolute Gasteiger partial charge is 0.107 e. The number of pyridine rings is 1. The summed E-state index contributed by atoms with van der Waals surface area (Å²) in [5.74, 6) is 0.987. The molecule has 0 radical (unpaired) electrons. The van der Waals surface area contributed by atoms with Crippen molar-refractivity contribution in [3.05, 3.63) is 53.3 Å². The summed E-state index contributed by atoms with van der Waals surface area (Å²) in [5.41, 5.74) is 10.2. The molecule has 5 heteroatoms. The van der Waals surface area contributed by atoms with Gasteiger partial charge in [0.15, 0.2) is 0 Å². The number of aromatic nitrogens is 1. The zero-order valence-corrected chi connectivity index (χ0v) is 13.9. The van der Waals surface area contributed by atoms with Crippen molar-refractivity contribution in [2.45, 2.75) is 25.3 Å². The molecule has 0 atom stereocenters. The number of thioether (sulfide) groups is 1. The molecule has 0 aliphatic carbocycles. The molecule has 0 saturated carbocycles. The van der Waals surface area contributed by atoms with E-state index in [9.17, 15) is 0 Å². The first-order valence-corrected chi connectivity index (χ1v) is 8.21. The van der Waals surface area contributed by atoms with E-state index in [0.717, 1.165) is 21.9 Å². The Morgan fingerprint density at radius 2 is 2.19 bits per heavy atom. The average Bonchev–Trinajstić information content (AvgIpc) is 2.46. The van der Waals surface area contributed by atoms with Crippen molar-refractivity contribution in [2.24, 2.45) is 5.73 Å². The van der Waals surface area contributed by atoms with E-state index in [1.54, 1.807) is 18.0 Å². The van der Waals surface area contributed by atoms with Crippen LogP contribution in [-0.4, -0.2) is 15.7 Å². The first kappa shape index (κ1) is 15.8. The van der Waals surface area contributed by atoms with Gasteiger partial charge in [-0.05, 0) is 42.0 Å². The van der Waals surface area contributed by atoms with Gasteiger partial charge in [-0.3, -0.25) is 4.98 Å². The van der Waals surface area contributed by atoms with Gasteiger partial charge in [-0.1, -0.05) is 25.2 Å². The fraction of sp³-hybridized carbons (Fsp3) is 0.250. The van der Waals surface area contributed by atoms with Crippen molar-refractivity contribution < 1.29 is 0 Å². The highest BCUT2D eigenvalue weighted by Gasteiger charge is 2.11. The van der Waals surface area contributed by atoms with Crippen molar-refractivity contribution in [3.8, 4) is 0 Å². The third-order valence-electron chi connectivity index (χ3n) is 3.19. The number of aryl methyl sites for hydroxylation is 1. The molecule has 3 nitrogen and oxygen atoms in total. The average molecular weight is 317 g/mol. The van der Waals surface area contributed by atoms with Gasteiger partial charge < -0.3 is 11.1 Å². The van der Waals surface area contributed by atoms with Gasteiger partial charge in [0.1, 0.15) is 4.99 Å². The summed E-state index contributed by atoms with van der Waals surface area (Å²) in [4.78, 5) is 5.72. The summed E-state index contributed by atoms with van der Waals surface area (Å²) in [7, 11) is 0. The Kier molecular flexibility index (Phi) is 5.59. The normalized spacial score (nSPS) is 10.4. The van der Waals surface area contributed by atoms with E-state index < -0.39 is 0 Å². The molecule has 0 fully saturated rings. The van der Waals surface area contributed by atoms with Gasteiger partial charge in [-0.2, -0.15) is 0 Å². The molecule has 21 heavy (non-hydrogen) atoms. The van der Waals surface area contributed by atoms with Crippen LogP contribution in [0.2, 0.25) is 0 Å². The minimum atomic E-state index is 0.428. The lowest BCUT2D eigenvalue weighted by atomic mass is 10.1. The van der Waals surface area contributed by atoms with Crippen LogP contribution in [-0.2, 0) is 6.54 Å². The Bertz CT molecular complexity index is 641. The topological polar surface area (TPSA) is 50.9 Å². The Hall–Kier alpha value is -1.59. The van der Waals surface area contributed by atoms with Crippen LogP contribution in [0.1, 0.15) is 23.6 Å². The molecule has 0 aliphatic rings. The number of benzene rings is 1. The van der Waals surface area contributed by atoms with E-state index >= 15 is 0 Å². The zero-order valence-electron chi connectivity index (χ0n) is 12.2. The van der Waals surface area contributed by atoms with Crippen LogP contribution in [0.15, 0.2) is 41.6 Å². The Labute approximate surface area is 135 Å². The lowest BCUT2D eigenvalue weighted by Crippen LogP contribution is -2.15. The monoisotopic (exact) mass is 317 g/mol. The number of hydrogen-bond acceptors (Lipinski definition) is 4. The van der Waals surface area contributed by atoms with Crippen molar-refractivity contribution >= 4 is 34.7 Å². The van der Waals surface area contributed by atoms with Gasteiger partial charge in [-0.25, -0.2) is 0 Å². The van der Waals surface area contributed by atoms with Crippen molar-refractivity contribution in [1.29, 1.82) is 0 Å². The maximum Gasteiger partial charge on any atom is 0.107 e. The number of nitrogens with two attached hydrogens (primary N) is 1. The Balaban J connectivity index is 2.25. The summed E-state index contributed by atoms with van der Waals surface area (Å²) in [6, 6.07) is 8.11. The lowest BCUT2D eigenvalue weighted by Gasteiger charge is -2.15. The van der Waals surface area contributed by atoms with E-state index in [4.69, 9.17) is 18.0 Å². The van der Waals surface area contributed by atoms with Gasteiger partial charge in [0, 0.05) is 35.1 Å².